The molecule has 0 amide bonds. The van der Waals surface area contributed by atoms with E-state index in [-0.39, 0.29) is 0 Å². The predicted octanol–water partition coefficient (Wildman–Crippen LogP) is 3.03. The highest BCUT2D eigenvalue weighted by molar-refractivity contribution is 5.83. The summed E-state index contributed by atoms with van der Waals surface area (Å²) in [5.41, 5.74) is 6.26. The molecule has 0 aliphatic heterocycles. The zero-order valence-electron chi connectivity index (χ0n) is 10.4. The summed E-state index contributed by atoms with van der Waals surface area (Å²) in [4.78, 5) is 0. The number of nitrogens with zero attached hydrogens (tertiary/aromatic N) is 1. The fourth-order valence-corrected chi connectivity index (χ4v) is 1.98. The third kappa shape index (κ3) is 2.68. The molecule has 4 heteroatoms. The number of nitrogens with two attached hydrogens (primary N) is 1. The minimum Gasteiger partial charge on any atom is -0.493 e. The van der Waals surface area contributed by atoms with Crippen LogP contribution in [-0.2, 0) is 6.42 Å². The number of fused-ring (bicyclic) bond motifs is 1. The first kappa shape index (κ1) is 11.6. The molecule has 0 saturated carbocycles. The molecule has 19 heavy (non-hydrogen) atoms. The van der Waals surface area contributed by atoms with E-state index in [1.165, 1.54) is 10.8 Å². The quantitative estimate of drug-likeness (QED) is 0.777. The van der Waals surface area contributed by atoms with Crippen LogP contribution in [0.25, 0.3) is 10.8 Å². The SMILES string of the molecule is Nc1cc(CCOc2ccc3ccccc3c2)no1. The van der Waals surface area contributed by atoms with Crippen molar-refractivity contribution >= 4 is 16.7 Å². The van der Waals surface area contributed by atoms with Gasteiger partial charge in [0, 0.05) is 12.5 Å². The Labute approximate surface area is 110 Å². The van der Waals surface area contributed by atoms with Crippen molar-refractivity contribution in [1.29, 1.82) is 0 Å². The van der Waals surface area contributed by atoms with Crippen molar-refractivity contribution in [3.8, 4) is 5.75 Å². The number of benzene rings is 2. The maximum absolute atomic E-state index is 5.70. The Morgan fingerprint density at radius 3 is 2.68 bits per heavy atom. The molecule has 4 nitrogen and oxygen atoms in total. The molecule has 0 fully saturated rings. The van der Waals surface area contributed by atoms with E-state index in [1.807, 2.05) is 24.3 Å². The molecular formula is C15H14N2O2. The van der Waals surface area contributed by atoms with Gasteiger partial charge >= 0.3 is 0 Å². The second kappa shape index (κ2) is 5.02. The average molecular weight is 254 g/mol. The van der Waals surface area contributed by atoms with Crippen molar-refractivity contribution in [2.75, 3.05) is 12.3 Å². The Morgan fingerprint density at radius 2 is 1.89 bits per heavy atom. The lowest BCUT2D eigenvalue weighted by molar-refractivity contribution is 0.316. The molecule has 1 aromatic heterocycles. The second-order valence-electron chi connectivity index (χ2n) is 4.33. The summed E-state index contributed by atoms with van der Waals surface area (Å²) in [6.07, 6.45) is 0.674. The van der Waals surface area contributed by atoms with Gasteiger partial charge in [0.15, 0.2) is 0 Å². The van der Waals surface area contributed by atoms with Crippen LogP contribution in [0.5, 0.6) is 5.75 Å². The molecular weight excluding hydrogens is 240 g/mol. The lowest BCUT2D eigenvalue weighted by Crippen LogP contribution is -2.01. The minimum atomic E-state index is 0.334. The maximum Gasteiger partial charge on any atom is 0.222 e. The predicted molar refractivity (Wildman–Crippen MR) is 74.1 cm³/mol. The molecule has 0 radical (unpaired) electrons. The number of hydrogen-bond donors (Lipinski definition) is 1. The Morgan fingerprint density at radius 1 is 1.05 bits per heavy atom. The molecule has 96 valence electrons. The zero-order chi connectivity index (χ0) is 13.1. The highest BCUT2D eigenvalue weighted by Crippen LogP contribution is 2.20. The summed E-state index contributed by atoms with van der Waals surface area (Å²) < 4.78 is 10.5. The molecule has 3 aromatic rings. The van der Waals surface area contributed by atoms with Gasteiger partial charge in [0.2, 0.25) is 5.88 Å². The van der Waals surface area contributed by atoms with E-state index in [0.717, 1.165) is 11.4 Å². The highest BCUT2D eigenvalue weighted by Gasteiger charge is 2.02. The van der Waals surface area contributed by atoms with Crippen LogP contribution in [0.4, 0.5) is 5.88 Å². The van der Waals surface area contributed by atoms with Crippen molar-refractivity contribution in [3.63, 3.8) is 0 Å². The number of aromatic nitrogens is 1. The Hall–Kier alpha value is -2.49. The van der Waals surface area contributed by atoms with E-state index in [4.69, 9.17) is 15.0 Å². The van der Waals surface area contributed by atoms with Gasteiger partial charge in [0.25, 0.3) is 0 Å². The smallest absolute Gasteiger partial charge is 0.222 e. The third-order valence-electron chi connectivity index (χ3n) is 2.93. The van der Waals surface area contributed by atoms with Crippen molar-refractivity contribution in [1.82, 2.24) is 5.16 Å². The molecule has 0 spiro atoms. The summed E-state index contributed by atoms with van der Waals surface area (Å²) in [6, 6.07) is 16.0. The Kier molecular flexibility index (Phi) is 3.06. The summed E-state index contributed by atoms with van der Waals surface area (Å²) >= 11 is 0. The van der Waals surface area contributed by atoms with Gasteiger partial charge in [-0.15, -0.1) is 0 Å². The van der Waals surface area contributed by atoms with Crippen LogP contribution in [-0.4, -0.2) is 11.8 Å². The Bertz CT molecular complexity index is 691. The van der Waals surface area contributed by atoms with Gasteiger partial charge in [-0.2, -0.15) is 0 Å². The van der Waals surface area contributed by atoms with Gasteiger partial charge in [-0.1, -0.05) is 35.5 Å². The topological polar surface area (TPSA) is 61.3 Å². The van der Waals surface area contributed by atoms with Crippen LogP contribution >= 0.6 is 0 Å². The molecule has 0 saturated heterocycles. The first-order valence-corrected chi connectivity index (χ1v) is 6.14. The fraction of sp³-hybridized carbons (Fsp3) is 0.133. The van der Waals surface area contributed by atoms with Gasteiger partial charge in [-0.05, 0) is 22.9 Å². The molecule has 0 aliphatic carbocycles. The van der Waals surface area contributed by atoms with Gasteiger partial charge in [0.1, 0.15) is 5.75 Å². The van der Waals surface area contributed by atoms with Gasteiger partial charge in [0.05, 0.1) is 12.3 Å². The molecule has 2 aromatic carbocycles. The van der Waals surface area contributed by atoms with E-state index < -0.39 is 0 Å². The first-order chi connectivity index (χ1) is 9.31. The van der Waals surface area contributed by atoms with E-state index in [0.29, 0.717) is 18.9 Å². The average Bonchev–Trinajstić information content (AvgIpc) is 2.84. The number of nitrogen functional groups attached to an aromatic ring is 1. The molecule has 1 heterocycles. The van der Waals surface area contributed by atoms with Crippen LogP contribution < -0.4 is 10.5 Å². The largest absolute Gasteiger partial charge is 0.493 e. The lowest BCUT2D eigenvalue weighted by Gasteiger charge is -2.06. The third-order valence-corrected chi connectivity index (χ3v) is 2.93. The number of ether oxygens (including phenoxy) is 1. The second-order valence-corrected chi connectivity index (χ2v) is 4.33. The molecule has 0 aliphatic rings. The van der Waals surface area contributed by atoms with Crippen LogP contribution in [0.15, 0.2) is 53.1 Å². The highest BCUT2D eigenvalue weighted by atomic mass is 16.5. The number of hydrogen-bond acceptors (Lipinski definition) is 4. The normalized spacial score (nSPS) is 10.7. The van der Waals surface area contributed by atoms with Crippen LogP contribution in [0.2, 0.25) is 0 Å². The van der Waals surface area contributed by atoms with Crippen LogP contribution in [0, 0.1) is 0 Å². The minimum absolute atomic E-state index is 0.334. The molecule has 0 bridgehead atoms. The van der Waals surface area contributed by atoms with Crippen molar-refractivity contribution < 1.29 is 9.26 Å². The van der Waals surface area contributed by atoms with E-state index in [1.54, 1.807) is 6.07 Å². The molecule has 3 rings (SSSR count). The Balaban J connectivity index is 1.65. The van der Waals surface area contributed by atoms with E-state index in [2.05, 4.69) is 23.4 Å². The van der Waals surface area contributed by atoms with Crippen LogP contribution in [0.3, 0.4) is 0 Å². The summed E-state index contributed by atoms with van der Waals surface area (Å²) in [7, 11) is 0. The summed E-state index contributed by atoms with van der Waals surface area (Å²) in [5, 5.41) is 6.20. The summed E-state index contributed by atoms with van der Waals surface area (Å²) in [5.74, 6) is 1.19. The van der Waals surface area contributed by atoms with Crippen molar-refractivity contribution in [3.05, 3.63) is 54.2 Å². The van der Waals surface area contributed by atoms with Crippen molar-refractivity contribution in [2.24, 2.45) is 0 Å². The number of rotatable bonds is 4. The zero-order valence-corrected chi connectivity index (χ0v) is 10.4. The maximum atomic E-state index is 5.70. The van der Waals surface area contributed by atoms with Crippen LogP contribution in [0.1, 0.15) is 5.69 Å². The molecule has 2 N–H and O–H groups in total. The monoisotopic (exact) mass is 254 g/mol. The van der Waals surface area contributed by atoms with Crippen molar-refractivity contribution in [2.45, 2.75) is 6.42 Å². The summed E-state index contributed by atoms with van der Waals surface area (Å²) in [6.45, 7) is 0.546. The fourth-order valence-electron chi connectivity index (χ4n) is 1.98. The molecule has 0 unspecified atom stereocenters. The van der Waals surface area contributed by atoms with E-state index in [9.17, 15) is 0 Å². The van der Waals surface area contributed by atoms with Gasteiger partial charge in [-0.25, -0.2) is 0 Å². The first-order valence-electron chi connectivity index (χ1n) is 6.14. The van der Waals surface area contributed by atoms with E-state index >= 15 is 0 Å². The number of anilines is 1. The van der Waals surface area contributed by atoms with Gasteiger partial charge < -0.3 is 15.0 Å². The lowest BCUT2D eigenvalue weighted by atomic mass is 10.1. The standard InChI is InChI=1S/C15H14N2O2/c16-15-10-13(17-19-15)7-8-18-14-6-5-11-3-1-2-4-12(11)9-14/h1-6,9-10H,7-8,16H2. The molecule has 0 atom stereocenters. The van der Waals surface area contributed by atoms with Gasteiger partial charge in [-0.3, -0.25) is 0 Å².